The predicted octanol–water partition coefficient (Wildman–Crippen LogP) is 4.76. The molecule has 0 amide bonds. The number of rotatable bonds is 5. The van der Waals surface area contributed by atoms with Crippen LogP contribution in [-0.2, 0) is 6.54 Å². The van der Waals surface area contributed by atoms with Crippen molar-refractivity contribution in [2.45, 2.75) is 39.4 Å². The maximum Gasteiger partial charge on any atom is 0.170 e. The van der Waals surface area contributed by atoms with Gasteiger partial charge < -0.3 is 14.8 Å². The smallest absolute Gasteiger partial charge is 0.170 e. The Bertz CT molecular complexity index is 1270. The largest absolute Gasteiger partial charge is 0.352 e. The molecule has 4 aromatic rings. The molecule has 1 N–H and O–H groups in total. The summed E-state index contributed by atoms with van der Waals surface area (Å²) in [5.74, 6) is 0.920. The molecule has 0 radical (unpaired) electrons. The molecule has 2 atom stereocenters. The van der Waals surface area contributed by atoms with Crippen LogP contribution in [0, 0.1) is 20.8 Å². The maximum atomic E-state index is 5.83. The van der Waals surface area contributed by atoms with Gasteiger partial charge in [-0.3, -0.25) is 9.97 Å². The predicted molar refractivity (Wildman–Crippen MR) is 133 cm³/mol. The normalized spacial score (nSPS) is 17.9. The van der Waals surface area contributed by atoms with Crippen molar-refractivity contribution in [3.8, 4) is 5.82 Å². The lowest BCUT2D eigenvalue weighted by Crippen LogP contribution is -2.29. The molecule has 5 heterocycles. The summed E-state index contributed by atoms with van der Waals surface area (Å²) in [6, 6.07) is 16.4. The quantitative estimate of drug-likeness (QED) is 0.439. The third kappa shape index (κ3) is 4.00. The van der Waals surface area contributed by atoms with E-state index < -0.39 is 0 Å². The van der Waals surface area contributed by atoms with E-state index >= 15 is 0 Å². The summed E-state index contributed by atoms with van der Waals surface area (Å²) in [7, 11) is 0. The van der Waals surface area contributed by atoms with Crippen LogP contribution in [0.25, 0.3) is 5.82 Å². The molecular formula is C26H26N6S. The van der Waals surface area contributed by atoms with Crippen molar-refractivity contribution in [3.63, 3.8) is 0 Å². The molecule has 7 heteroatoms. The van der Waals surface area contributed by atoms with E-state index in [0.717, 1.165) is 39.1 Å². The Morgan fingerprint density at radius 1 is 0.970 bits per heavy atom. The SMILES string of the molecule is Cc1ccc(-n2c(C)cc([C@H]3[C@@H](c4ccccn4)NC(=S)N3Cc3cccnc3)c2C)nc1. The molecule has 1 fully saturated rings. The Hall–Kier alpha value is -3.58. The summed E-state index contributed by atoms with van der Waals surface area (Å²) in [6.07, 6.45) is 7.43. The fraction of sp³-hybridized carbons (Fsp3) is 0.231. The van der Waals surface area contributed by atoms with Gasteiger partial charge in [0.05, 0.1) is 17.8 Å². The zero-order valence-corrected chi connectivity index (χ0v) is 19.8. The monoisotopic (exact) mass is 454 g/mol. The van der Waals surface area contributed by atoms with Gasteiger partial charge in [-0.25, -0.2) is 4.98 Å². The van der Waals surface area contributed by atoms with Gasteiger partial charge in [-0.2, -0.15) is 0 Å². The van der Waals surface area contributed by atoms with Gasteiger partial charge in [0.15, 0.2) is 5.11 Å². The highest BCUT2D eigenvalue weighted by Crippen LogP contribution is 2.42. The fourth-order valence-electron chi connectivity index (χ4n) is 4.63. The summed E-state index contributed by atoms with van der Waals surface area (Å²) in [4.78, 5) is 15.9. The van der Waals surface area contributed by atoms with E-state index in [1.54, 1.807) is 6.20 Å². The van der Waals surface area contributed by atoms with Gasteiger partial charge in [0.25, 0.3) is 0 Å². The first-order chi connectivity index (χ1) is 16.0. The van der Waals surface area contributed by atoms with E-state index in [1.807, 2.05) is 36.8 Å². The van der Waals surface area contributed by atoms with Crippen LogP contribution in [0.5, 0.6) is 0 Å². The van der Waals surface area contributed by atoms with Crippen LogP contribution in [-0.4, -0.2) is 29.5 Å². The minimum absolute atomic E-state index is 0.0157. The number of thiocarbonyl (C=S) groups is 1. The number of nitrogens with zero attached hydrogens (tertiary/aromatic N) is 5. The Balaban J connectivity index is 1.61. The highest BCUT2D eigenvalue weighted by Gasteiger charge is 2.41. The minimum atomic E-state index is -0.0599. The van der Waals surface area contributed by atoms with Gasteiger partial charge >= 0.3 is 0 Å². The number of aryl methyl sites for hydroxylation is 2. The zero-order valence-electron chi connectivity index (χ0n) is 18.9. The Labute approximate surface area is 199 Å². The van der Waals surface area contributed by atoms with Gasteiger partial charge in [-0.05, 0) is 80.0 Å². The molecule has 1 saturated heterocycles. The van der Waals surface area contributed by atoms with Gasteiger partial charge in [-0.1, -0.05) is 18.2 Å². The maximum absolute atomic E-state index is 5.83. The van der Waals surface area contributed by atoms with Crippen LogP contribution in [0.1, 0.15) is 45.9 Å². The Morgan fingerprint density at radius 3 is 2.55 bits per heavy atom. The van der Waals surface area contributed by atoms with Gasteiger partial charge in [0, 0.05) is 42.7 Å². The van der Waals surface area contributed by atoms with Crippen molar-refractivity contribution in [1.29, 1.82) is 0 Å². The molecule has 166 valence electrons. The van der Waals surface area contributed by atoms with E-state index in [2.05, 4.69) is 80.8 Å². The van der Waals surface area contributed by atoms with Gasteiger partial charge in [-0.15, -0.1) is 0 Å². The van der Waals surface area contributed by atoms with Gasteiger partial charge in [0.2, 0.25) is 0 Å². The van der Waals surface area contributed by atoms with E-state index in [9.17, 15) is 0 Å². The van der Waals surface area contributed by atoms with Crippen molar-refractivity contribution in [2.24, 2.45) is 0 Å². The summed E-state index contributed by atoms with van der Waals surface area (Å²) < 4.78 is 2.22. The standard InChI is InChI=1S/C26H26N6S/c1-17-9-10-23(29-14-17)32-18(2)13-21(19(32)3)25-24(22-8-4-5-12-28-22)30-26(33)31(25)16-20-7-6-11-27-15-20/h4-15,24-25H,16H2,1-3H3,(H,30,33)/t24-,25+/m1/s1. The highest BCUT2D eigenvalue weighted by molar-refractivity contribution is 7.80. The second kappa shape index (κ2) is 8.75. The Morgan fingerprint density at radius 2 is 1.85 bits per heavy atom. The molecule has 4 aromatic heterocycles. The summed E-state index contributed by atoms with van der Waals surface area (Å²) in [6.45, 7) is 7.00. The van der Waals surface area contributed by atoms with Crippen molar-refractivity contribution in [2.75, 3.05) is 0 Å². The van der Waals surface area contributed by atoms with Crippen LogP contribution in [0.4, 0.5) is 0 Å². The van der Waals surface area contributed by atoms with Crippen molar-refractivity contribution in [1.82, 2.24) is 29.7 Å². The second-order valence-electron chi connectivity index (χ2n) is 8.47. The van der Waals surface area contributed by atoms with Crippen LogP contribution in [0.2, 0.25) is 0 Å². The number of pyridine rings is 3. The van der Waals surface area contributed by atoms with Crippen molar-refractivity contribution >= 4 is 17.3 Å². The summed E-state index contributed by atoms with van der Waals surface area (Å²) in [5, 5.41) is 4.26. The zero-order chi connectivity index (χ0) is 22.9. The summed E-state index contributed by atoms with van der Waals surface area (Å²) >= 11 is 5.83. The first-order valence-corrected chi connectivity index (χ1v) is 11.4. The lowest BCUT2D eigenvalue weighted by molar-refractivity contribution is 0.310. The molecule has 5 rings (SSSR count). The molecule has 1 aliphatic heterocycles. The molecule has 0 saturated carbocycles. The van der Waals surface area contributed by atoms with Crippen LogP contribution in [0.3, 0.4) is 0 Å². The van der Waals surface area contributed by atoms with Gasteiger partial charge in [0.1, 0.15) is 5.82 Å². The van der Waals surface area contributed by atoms with E-state index in [0.29, 0.717) is 6.54 Å². The molecule has 0 spiro atoms. The molecule has 0 aliphatic carbocycles. The number of hydrogen-bond acceptors (Lipinski definition) is 4. The van der Waals surface area contributed by atoms with Crippen molar-refractivity contribution in [3.05, 3.63) is 107 Å². The minimum Gasteiger partial charge on any atom is -0.352 e. The molecule has 33 heavy (non-hydrogen) atoms. The second-order valence-corrected chi connectivity index (χ2v) is 8.86. The van der Waals surface area contributed by atoms with Crippen LogP contribution < -0.4 is 5.32 Å². The van der Waals surface area contributed by atoms with E-state index in [-0.39, 0.29) is 12.1 Å². The molecule has 1 aliphatic rings. The average Bonchev–Trinajstić information content (AvgIpc) is 3.31. The van der Waals surface area contributed by atoms with E-state index in [1.165, 1.54) is 5.56 Å². The first-order valence-electron chi connectivity index (χ1n) is 11.0. The van der Waals surface area contributed by atoms with E-state index in [4.69, 9.17) is 12.2 Å². The first kappa shape index (κ1) is 21.3. The summed E-state index contributed by atoms with van der Waals surface area (Å²) in [5.41, 5.74) is 6.72. The molecule has 0 bridgehead atoms. The van der Waals surface area contributed by atoms with Crippen molar-refractivity contribution < 1.29 is 0 Å². The average molecular weight is 455 g/mol. The molecular weight excluding hydrogens is 428 g/mol. The third-order valence-electron chi connectivity index (χ3n) is 6.19. The molecule has 0 aromatic carbocycles. The lowest BCUT2D eigenvalue weighted by Gasteiger charge is -2.28. The number of nitrogens with one attached hydrogen (secondary N) is 1. The highest BCUT2D eigenvalue weighted by atomic mass is 32.1. The van der Waals surface area contributed by atoms with Crippen LogP contribution >= 0.6 is 12.2 Å². The molecule has 0 unspecified atom stereocenters. The lowest BCUT2D eigenvalue weighted by atomic mass is 9.96. The van der Waals surface area contributed by atoms with Crippen LogP contribution in [0.15, 0.2) is 73.3 Å². The Kier molecular flexibility index (Phi) is 5.64. The third-order valence-corrected chi connectivity index (χ3v) is 6.54. The fourth-order valence-corrected chi connectivity index (χ4v) is 4.94. The topological polar surface area (TPSA) is 58.9 Å². The number of aromatic nitrogens is 4. The number of hydrogen-bond donors (Lipinski definition) is 1. The molecule has 6 nitrogen and oxygen atoms in total.